The van der Waals surface area contributed by atoms with Crippen LogP contribution in [0.1, 0.15) is 61.6 Å². The number of benzene rings is 2. The topological polar surface area (TPSA) is 149 Å². The lowest BCUT2D eigenvalue weighted by Gasteiger charge is -2.34. The molecule has 0 bridgehead atoms. The quantitative estimate of drug-likeness (QED) is 0.209. The third-order valence-corrected chi connectivity index (χ3v) is 7.81. The van der Waals surface area contributed by atoms with Gasteiger partial charge in [-0.1, -0.05) is 31.2 Å². The summed E-state index contributed by atoms with van der Waals surface area (Å²) in [5, 5.41) is 22.6. The molecule has 3 N–H and O–H groups in total. The molecule has 0 saturated carbocycles. The minimum Gasteiger partial charge on any atom is -0.371 e. The van der Waals surface area contributed by atoms with Gasteiger partial charge in [0.1, 0.15) is 29.1 Å². The van der Waals surface area contributed by atoms with Crippen molar-refractivity contribution in [3.8, 4) is 11.8 Å². The van der Waals surface area contributed by atoms with Crippen LogP contribution in [0.15, 0.2) is 53.3 Å². The van der Waals surface area contributed by atoms with Crippen molar-refractivity contribution < 1.29 is 10.0 Å². The summed E-state index contributed by atoms with van der Waals surface area (Å²) in [6, 6.07) is 16.9. The van der Waals surface area contributed by atoms with E-state index < -0.39 is 6.04 Å². The molecule has 11 nitrogen and oxygen atoms in total. The molecular formula is C31H34N8O3. The highest BCUT2D eigenvalue weighted by Gasteiger charge is 2.27. The van der Waals surface area contributed by atoms with Gasteiger partial charge in [0.25, 0.3) is 5.56 Å². The number of nitrogens with one attached hydrogen (secondary N) is 2. The van der Waals surface area contributed by atoms with Crippen LogP contribution in [0.3, 0.4) is 0 Å². The Bertz CT molecular complexity index is 1710. The Labute approximate surface area is 243 Å². The Balaban J connectivity index is 1.61. The standard InChI is InChI=1S/C31H34N8O3/c1-4-24(35-29-23(18-32)19(2)33-20(3)34-29)30-36-25-11-8-12-26(38-15-13-21(14-16-38)17-27(40)37-42)28(25)31(41)39(30)22-9-6-5-7-10-22/h5-12,21,24,42H,4,13-17H2,1-3H3,(H,37,40)(H,33,34,35)/t24-/m0/s1. The van der Waals surface area contributed by atoms with Gasteiger partial charge in [-0.3, -0.25) is 19.4 Å². The second-order valence-corrected chi connectivity index (χ2v) is 10.6. The number of carbonyl (C=O) groups excluding carboxylic acids is 1. The molecule has 0 radical (unpaired) electrons. The van der Waals surface area contributed by atoms with Crippen LogP contribution in [0.25, 0.3) is 16.6 Å². The van der Waals surface area contributed by atoms with Crippen molar-refractivity contribution in [1.29, 1.82) is 5.26 Å². The minimum atomic E-state index is -0.430. The number of aromatic nitrogens is 4. The molecule has 1 amide bonds. The molecule has 11 heteroatoms. The van der Waals surface area contributed by atoms with Gasteiger partial charge in [-0.15, -0.1) is 0 Å². The van der Waals surface area contributed by atoms with E-state index >= 15 is 0 Å². The molecule has 1 saturated heterocycles. The Hall–Kier alpha value is -4.82. The van der Waals surface area contributed by atoms with Crippen molar-refractivity contribution in [3.05, 3.63) is 81.8 Å². The van der Waals surface area contributed by atoms with Gasteiger partial charge >= 0.3 is 0 Å². The molecule has 5 rings (SSSR count). The number of fused-ring (bicyclic) bond motifs is 1. The second kappa shape index (κ2) is 12.4. The summed E-state index contributed by atoms with van der Waals surface area (Å²) in [6.07, 6.45) is 2.38. The van der Waals surface area contributed by atoms with Gasteiger partial charge in [0, 0.05) is 19.5 Å². The van der Waals surface area contributed by atoms with E-state index in [0.29, 0.717) is 64.8 Å². The normalized spacial score (nSPS) is 14.4. The number of amides is 1. The van der Waals surface area contributed by atoms with E-state index in [-0.39, 0.29) is 23.8 Å². The Kier molecular flexibility index (Phi) is 8.45. The van der Waals surface area contributed by atoms with Crippen LogP contribution in [0.4, 0.5) is 11.5 Å². The first kappa shape index (κ1) is 28.7. The monoisotopic (exact) mass is 566 g/mol. The predicted molar refractivity (Wildman–Crippen MR) is 160 cm³/mol. The summed E-state index contributed by atoms with van der Waals surface area (Å²) >= 11 is 0. The summed E-state index contributed by atoms with van der Waals surface area (Å²) in [5.74, 6) is 1.26. The Morgan fingerprint density at radius 3 is 2.50 bits per heavy atom. The highest BCUT2D eigenvalue weighted by molar-refractivity contribution is 5.91. The number of hydrogen-bond donors (Lipinski definition) is 3. The fourth-order valence-corrected chi connectivity index (χ4v) is 5.70. The van der Waals surface area contributed by atoms with Crippen molar-refractivity contribution in [2.75, 3.05) is 23.3 Å². The fourth-order valence-electron chi connectivity index (χ4n) is 5.70. The molecule has 3 heterocycles. The smallest absolute Gasteiger partial charge is 0.268 e. The third-order valence-electron chi connectivity index (χ3n) is 7.81. The maximum Gasteiger partial charge on any atom is 0.268 e. The average Bonchev–Trinajstić information content (AvgIpc) is 3.00. The van der Waals surface area contributed by atoms with Crippen LogP contribution in [-0.4, -0.2) is 43.7 Å². The number of hydrogen-bond acceptors (Lipinski definition) is 9. The highest BCUT2D eigenvalue weighted by Crippen LogP contribution is 2.31. The van der Waals surface area contributed by atoms with Crippen LogP contribution in [0.5, 0.6) is 0 Å². The number of rotatable bonds is 8. The van der Waals surface area contributed by atoms with E-state index in [1.807, 2.05) is 55.5 Å². The lowest BCUT2D eigenvalue weighted by atomic mass is 9.93. The van der Waals surface area contributed by atoms with Gasteiger partial charge in [-0.2, -0.15) is 5.26 Å². The van der Waals surface area contributed by atoms with Crippen LogP contribution in [0, 0.1) is 31.1 Å². The number of piperidine rings is 1. The summed E-state index contributed by atoms with van der Waals surface area (Å²) in [5.41, 5.74) is 4.55. The molecule has 0 spiro atoms. The summed E-state index contributed by atoms with van der Waals surface area (Å²) < 4.78 is 1.65. The van der Waals surface area contributed by atoms with Gasteiger partial charge in [0.05, 0.1) is 34.0 Å². The van der Waals surface area contributed by atoms with Gasteiger partial charge < -0.3 is 10.2 Å². The number of hydroxylamine groups is 1. The molecule has 2 aromatic heterocycles. The highest BCUT2D eigenvalue weighted by atomic mass is 16.5. The molecule has 216 valence electrons. The molecule has 4 aromatic rings. The van der Waals surface area contributed by atoms with Gasteiger partial charge in [-0.25, -0.2) is 20.4 Å². The van der Waals surface area contributed by atoms with Gasteiger partial charge in [0.2, 0.25) is 5.91 Å². The van der Waals surface area contributed by atoms with Crippen molar-refractivity contribution in [3.63, 3.8) is 0 Å². The van der Waals surface area contributed by atoms with Crippen LogP contribution in [-0.2, 0) is 4.79 Å². The molecule has 1 fully saturated rings. The van der Waals surface area contributed by atoms with Crippen molar-refractivity contribution in [1.82, 2.24) is 25.0 Å². The van der Waals surface area contributed by atoms with Crippen molar-refractivity contribution in [2.24, 2.45) is 5.92 Å². The molecule has 1 aliphatic rings. The lowest BCUT2D eigenvalue weighted by Crippen LogP contribution is -2.37. The zero-order valence-corrected chi connectivity index (χ0v) is 24.0. The van der Waals surface area contributed by atoms with Crippen LogP contribution < -0.4 is 21.3 Å². The first-order valence-electron chi connectivity index (χ1n) is 14.1. The van der Waals surface area contributed by atoms with Crippen molar-refractivity contribution in [2.45, 2.75) is 52.5 Å². The maximum absolute atomic E-state index is 14.5. The number of nitriles is 1. The molecule has 0 unspecified atom stereocenters. The second-order valence-electron chi connectivity index (χ2n) is 10.6. The molecule has 1 aliphatic heterocycles. The van der Waals surface area contributed by atoms with Crippen molar-refractivity contribution >= 4 is 28.3 Å². The first-order chi connectivity index (χ1) is 20.3. The fraction of sp³-hybridized carbons (Fsp3) is 0.355. The van der Waals surface area contributed by atoms with E-state index in [0.717, 1.165) is 18.5 Å². The van der Waals surface area contributed by atoms with Gasteiger partial charge in [0.15, 0.2) is 0 Å². The van der Waals surface area contributed by atoms with E-state index in [4.69, 9.17) is 10.2 Å². The number of nitrogens with zero attached hydrogens (tertiary/aromatic N) is 6. The van der Waals surface area contributed by atoms with E-state index in [1.54, 1.807) is 23.9 Å². The Morgan fingerprint density at radius 1 is 1.10 bits per heavy atom. The van der Waals surface area contributed by atoms with Gasteiger partial charge in [-0.05, 0) is 63.3 Å². The molecule has 0 aliphatic carbocycles. The van der Waals surface area contributed by atoms with E-state index in [9.17, 15) is 14.9 Å². The zero-order chi connectivity index (χ0) is 29.8. The number of aryl methyl sites for hydroxylation is 2. The van der Waals surface area contributed by atoms with Crippen LogP contribution in [0.2, 0.25) is 0 Å². The molecule has 2 aromatic carbocycles. The molecule has 42 heavy (non-hydrogen) atoms. The summed E-state index contributed by atoms with van der Waals surface area (Å²) in [6.45, 7) is 6.91. The first-order valence-corrected chi connectivity index (χ1v) is 14.1. The summed E-state index contributed by atoms with van der Waals surface area (Å²) in [7, 11) is 0. The number of para-hydroxylation sites is 1. The third kappa shape index (κ3) is 5.66. The zero-order valence-electron chi connectivity index (χ0n) is 24.0. The average molecular weight is 567 g/mol. The largest absolute Gasteiger partial charge is 0.371 e. The molecule has 1 atom stereocenters. The van der Waals surface area contributed by atoms with E-state index in [2.05, 4.69) is 26.3 Å². The SMILES string of the molecule is CC[C@H](Nc1nc(C)nc(C)c1C#N)c1nc2cccc(N3CCC(CC(=O)NO)CC3)c2c(=O)n1-c1ccccc1. The summed E-state index contributed by atoms with van der Waals surface area (Å²) in [4.78, 5) is 42.2. The number of anilines is 2. The predicted octanol–water partition coefficient (Wildman–Crippen LogP) is 4.34. The Morgan fingerprint density at radius 2 is 1.83 bits per heavy atom. The van der Waals surface area contributed by atoms with E-state index in [1.165, 1.54) is 0 Å². The molecular weight excluding hydrogens is 532 g/mol. The minimum absolute atomic E-state index is 0.165. The maximum atomic E-state index is 14.5. The lowest BCUT2D eigenvalue weighted by molar-refractivity contribution is -0.130. The number of carbonyl (C=O) groups is 1. The van der Waals surface area contributed by atoms with Crippen LogP contribution >= 0.6 is 0 Å².